The molecule has 0 radical (unpaired) electrons. The van der Waals surface area contributed by atoms with E-state index in [9.17, 15) is 9.90 Å². The number of aliphatic hydroxyl groups excluding tert-OH is 1. The summed E-state index contributed by atoms with van der Waals surface area (Å²) in [5.41, 5.74) is 2.67. The lowest BCUT2D eigenvalue weighted by atomic mass is 9.87. The van der Waals surface area contributed by atoms with Crippen LogP contribution in [0.1, 0.15) is 40.4 Å². The average Bonchev–Trinajstić information content (AvgIpc) is 2.68. The maximum atomic E-state index is 12.7. The maximum absolute atomic E-state index is 12.7. The smallest absolute Gasteiger partial charge is 0.253 e. The molecule has 0 spiro atoms. The third-order valence-corrected chi connectivity index (χ3v) is 4.90. The van der Waals surface area contributed by atoms with Crippen LogP contribution in [-0.4, -0.2) is 36.1 Å². The van der Waals surface area contributed by atoms with Crippen LogP contribution < -0.4 is 0 Å². The number of carbonyl (C=O) groups excluding carboxylic acids is 1. The second-order valence-electron chi connectivity index (χ2n) is 6.62. The van der Waals surface area contributed by atoms with Gasteiger partial charge in [0.15, 0.2) is 0 Å². The fourth-order valence-electron chi connectivity index (χ4n) is 3.48. The van der Waals surface area contributed by atoms with Crippen molar-refractivity contribution in [2.45, 2.75) is 25.6 Å². The van der Waals surface area contributed by atoms with Crippen molar-refractivity contribution in [3.05, 3.63) is 71.3 Å². The van der Waals surface area contributed by atoms with Crippen LogP contribution in [0, 0.1) is 5.92 Å². The Kier molecular flexibility index (Phi) is 5.84. The molecular formula is C21H25NO3. The number of aliphatic hydroxyl groups is 1. The second-order valence-corrected chi connectivity index (χ2v) is 6.62. The number of ether oxygens (including phenoxy) is 1. The summed E-state index contributed by atoms with van der Waals surface area (Å²) < 4.78 is 5.14. The molecule has 0 aromatic heterocycles. The first-order valence-electron chi connectivity index (χ1n) is 8.79. The van der Waals surface area contributed by atoms with E-state index < -0.39 is 6.10 Å². The largest absolute Gasteiger partial charge is 0.388 e. The fraction of sp³-hybridized carbons (Fsp3) is 0.381. The molecule has 1 heterocycles. The molecule has 1 saturated heterocycles. The Balaban J connectivity index is 1.60. The molecular weight excluding hydrogens is 314 g/mol. The third kappa shape index (κ3) is 4.27. The number of carbonyl (C=O) groups is 1. The van der Waals surface area contributed by atoms with Crippen LogP contribution in [-0.2, 0) is 11.3 Å². The first-order chi connectivity index (χ1) is 12.2. The van der Waals surface area contributed by atoms with Gasteiger partial charge >= 0.3 is 0 Å². The minimum Gasteiger partial charge on any atom is -0.388 e. The van der Waals surface area contributed by atoms with E-state index >= 15 is 0 Å². The molecule has 1 atom stereocenters. The van der Waals surface area contributed by atoms with E-state index in [0.29, 0.717) is 25.3 Å². The highest BCUT2D eigenvalue weighted by Gasteiger charge is 2.28. The SMILES string of the molecule is COCc1cccc(C(=O)N2CCC([C@@H](O)c3ccccc3)CC2)c1. The molecule has 2 aromatic carbocycles. The highest BCUT2D eigenvalue weighted by Crippen LogP contribution is 2.31. The fourth-order valence-corrected chi connectivity index (χ4v) is 3.48. The van der Waals surface area contributed by atoms with Crippen LogP contribution in [0.4, 0.5) is 0 Å². The summed E-state index contributed by atoms with van der Waals surface area (Å²) in [6, 6.07) is 17.4. The molecule has 0 aliphatic carbocycles. The van der Waals surface area contributed by atoms with Crippen molar-refractivity contribution in [2.75, 3.05) is 20.2 Å². The number of nitrogens with zero attached hydrogens (tertiary/aromatic N) is 1. The summed E-state index contributed by atoms with van der Waals surface area (Å²) in [6.07, 6.45) is 1.18. The summed E-state index contributed by atoms with van der Waals surface area (Å²) in [5, 5.41) is 10.6. The van der Waals surface area contributed by atoms with Gasteiger partial charge in [-0.25, -0.2) is 0 Å². The molecule has 1 amide bonds. The zero-order valence-corrected chi connectivity index (χ0v) is 14.6. The van der Waals surface area contributed by atoms with E-state index in [2.05, 4.69) is 0 Å². The van der Waals surface area contributed by atoms with Crippen molar-refractivity contribution in [1.29, 1.82) is 0 Å². The van der Waals surface area contributed by atoms with E-state index in [4.69, 9.17) is 4.74 Å². The van der Waals surface area contributed by atoms with Crippen molar-refractivity contribution in [2.24, 2.45) is 5.92 Å². The Hall–Kier alpha value is -2.17. The number of amides is 1. The zero-order chi connectivity index (χ0) is 17.6. The standard InChI is InChI=1S/C21H25NO3/c1-25-15-16-6-5-9-19(14-16)21(24)22-12-10-18(11-13-22)20(23)17-7-3-2-4-8-17/h2-9,14,18,20,23H,10-13,15H2,1H3/t20-/m0/s1. The molecule has 3 rings (SSSR count). The van der Waals surface area contributed by atoms with Gasteiger partial charge in [0.05, 0.1) is 12.7 Å². The lowest BCUT2D eigenvalue weighted by molar-refractivity contribution is 0.0462. The van der Waals surface area contributed by atoms with Crippen LogP contribution in [0.3, 0.4) is 0 Å². The normalized spacial score (nSPS) is 16.6. The predicted octanol–water partition coefficient (Wildman–Crippen LogP) is 3.42. The number of rotatable bonds is 5. The van der Waals surface area contributed by atoms with Gasteiger partial charge in [0.1, 0.15) is 0 Å². The van der Waals surface area contributed by atoms with Crippen LogP contribution in [0.25, 0.3) is 0 Å². The lowest BCUT2D eigenvalue weighted by Crippen LogP contribution is -2.39. The Morgan fingerprint density at radius 3 is 2.56 bits per heavy atom. The van der Waals surface area contributed by atoms with Crippen LogP contribution in [0.15, 0.2) is 54.6 Å². The first-order valence-corrected chi connectivity index (χ1v) is 8.79. The van der Waals surface area contributed by atoms with E-state index in [0.717, 1.165) is 24.0 Å². The van der Waals surface area contributed by atoms with Gasteiger partial charge in [-0.1, -0.05) is 42.5 Å². The monoisotopic (exact) mass is 339 g/mol. The number of hydrogen-bond acceptors (Lipinski definition) is 3. The van der Waals surface area contributed by atoms with Gasteiger partial charge in [0, 0.05) is 25.8 Å². The molecule has 2 aromatic rings. The van der Waals surface area contributed by atoms with Gasteiger partial charge in [-0.15, -0.1) is 0 Å². The number of likely N-dealkylation sites (tertiary alicyclic amines) is 1. The molecule has 25 heavy (non-hydrogen) atoms. The topological polar surface area (TPSA) is 49.8 Å². The van der Waals surface area contributed by atoms with E-state index in [-0.39, 0.29) is 11.8 Å². The van der Waals surface area contributed by atoms with E-state index in [1.807, 2.05) is 59.5 Å². The van der Waals surface area contributed by atoms with Crippen LogP contribution in [0.2, 0.25) is 0 Å². The van der Waals surface area contributed by atoms with Crippen molar-refractivity contribution < 1.29 is 14.6 Å². The Morgan fingerprint density at radius 2 is 1.88 bits per heavy atom. The summed E-state index contributed by atoms with van der Waals surface area (Å²) in [6.45, 7) is 1.87. The molecule has 1 aliphatic rings. The minimum atomic E-state index is -0.455. The van der Waals surface area contributed by atoms with Crippen LogP contribution >= 0.6 is 0 Å². The van der Waals surface area contributed by atoms with Crippen molar-refractivity contribution in [3.63, 3.8) is 0 Å². The molecule has 1 aliphatic heterocycles. The summed E-state index contributed by atoms with van der Waals surface area (Å²) in [5.74, 6) is 0.261. The highest BCUT2D eigenvalue weighted by atomic mass is 16.5. The van der Waals surface area contributed by atoms with Gasteiger partial charge in [-0.2, -0.15) is 0 Å². The van der Waals surface area contributed by atoms with Gasteiger partial charge in [0.2, 0.25) is 0 Å². The molecule has 4 heteroatoms. The van der Waals surface area contributed by atoms with E-state index in [1.54, 1.807) is 7.11 Å². The Labute approximate surface area is 149 Å². The number of hydrogen-bond donors (Lipinski definition) is 1. The summed E-state index contributed by atoms with van der Waals surface area (Å²) in [7, 11) is 1.65. The lowest BCUT2D eigenvalue weighted by Gasteiger charge is -2.34. The Morgan fingerprint density at radius 1 is 1.16 bits per heavy atom. The van der Waals surface area contributed by atoms with Crippen LogP contribution in [0.5, 0.6) is 0 Å². The van der Waals surface area contributed by atoms with E-state index in [1.165, 1.54) is 0 Å². The highest BCUT2D eigenvalue weighted by molar-refractivity contribution is 5.94. The molecule has 132 valence electrons. The van der Waals surface area contributed by atoms with Gasteiger partial charge in [-0.3, -0.25) is 4.79 Å². The first kappa shape index (κ1) is 17.6. The third-order valence-electron chi connectivity index (χ3n) is 4.90. The molecule has 1 fully saturated rings. The van der Waals surface area contributed by atoms with Crippen molar-refractivity contribution in [3.8, 4) is 0 Å². The molecule has 0 saturated carbocycles. The molecule has 0 unspecified atom stereocenters. The van der Waals surface area contributed by atoms with Gasteiger partial charge in [-0.05, 0) is 42.0 Å². The quantitative estimate of drug-likeness (QED) is 0.908. The van der Waals surface area contributed by atoms with Gasteiger partial charge < -0.3 is 14.7 Å². The van der Waals surface area contributed by atoms with Crippen molar-refractivity contribution in [1.82, 2.24) is 4.90 Å². The summed E-state index contributed by atoms with van der Waals surface area (Å²) in [4.78, 5) is 14.6. The zero-order valence-electron chi connectivity index (χ0n) is 14.6. The molecule has 0 bridgehead atoms. The number of methoxy groups -OCH3 is 1. The van der Waals surface area contributed by atoms with Gasteiger partial charge in [0.25, 0.3) is 5.91 Å². The van der Waals surface area contributed by atoms with Crippen molar-refractivity contribution >= 4 is 5.91 Å². The maximum Gasteiger partial charge on any atom is 0.253 e. The average molecular weight is 339 g/mol. The molecule has 4 nitrogen and oxygen atoms in total. The number of piperidine rings is 1. The number of benzene rings is 2. The second kappa shape index (κ2) is 8.28. The summed E-state index contributed by atoms with van der Waals surface area (Å²) >= 11 is 0. The predicted molar refractivity (Wildman–Crippen MR) is 97.2 cm³/mol. The minimum absolute atomic E-state index is 0.0607. The Bertz CT molecular complexity index is 693. The molecule has 1 N–H and O–H groups in total.